The number of hydrogen-bond acceptors (Lipinski definition) is 6. The smallest absolute Gasteiger partial charge is 0.191 e. The Balaban J connectivity index is 0.000000646. The van der Waals surface area contributed by atoms with E-state index < -0.39 is 0 Å². The minimum atomic E-state index is 0.428. The van der Waals surface area contributed by atoms with Crippen molar-refractivity contribution in [2.75, 3.05) is 32.1 Å². The van der Waals surface area contributed by atoms with Gasteiger partial charge in [-0.05, 0) is 39.9 Å². The molecule has 0 unspecified atom stereocenters. The van der Waals surface area contributed by atoms with E-state index in [1.807, 2.05) is 44.7 Å². The summed E-state index contributed by atoms with van der Waals surface area (Å²) >= 11 is 1.60. The maximum Gasteiger partial charge on any atom is 0.191 e. The monoisotopic (exact) mass is 388 g/mol. The van der Waals surface area contributed by atoms with Gasteiger partial charge in [0.05, 0.1) is 12.9 Å². The van der Waals surface area contributed by atoms with Gasteiger partial charge in [-0.15, -0.1) is 0 Å². The first kappa shape index (κ1) is 22.9. The topological polar surface area (TPSA) is 72.9 Å². The lowest BCUT2D eigenvalue weighted by atomic mass is 10.2. The molecule has 0 radical (unpaired) electrons. The maximum absolute atomic E-state index is 6.01. The Morgan fingerprint density at radius 3 is 2.59 bits per heavy atom. The Morgan fingerprint density at radius 1 is 1.33 bits per heavy atom. The molecule has 6 nitrogen and oxygen atoms in total. The van der Waals surface area contributed by atoms with Gasteiger partial charge in [0.1, 0.15) is 5.52 Å². The van der Waals surface area contributed by atoms with E-state index in [0.717, 1.165) is 29.9 Å². The molecule has 148 valence electrons. The highest BCUT2D eigenvalue weighted by Gasteiger charge is 2.12. The molecule has 0 bridgehead atoms. The highest BCUT2D eigenvalue weighted by Crippen LogP contribution is 2.22. The highest BCUT2D eigenvalue weighted by molar-refractivity contribution is 7.99. The predicted molar refractivity (Wildman–Crippen MR) is 118 cm³/mol. The van der Waals surface area contributed by atoms with Gasteiger partial charge in [-0.1, -0.05) is 49.6 Å². The fourth-order valence-corrected chi connectivity index (χ4v) is 3.10. The standard InChI is InChI=1S/C15H22N6S.C5H10/c1-5-11(6-2)9-21-10-17-12-13(16)18-15(19-14(12)21)22-8-7-20(3)4;1-3-5-4-2/h5-6,10H,1,7-9H2,2-4H3,(H2,16,18,19);3,5H,4H2,1-2H3/b11-6+;5-3-. The van der Waals surface area contributed by atoms with E-state index in [1.54, 1.807) is 18.1 Å². The van der Waals surface area contributed by atoms with Crippen LogP contribution in [0.4, 0.5) is 5.82 Å². The largest absolute Gasteiger partial charge is 0.382 e. The van der Waals surface area contributed by atoms with Gasteiger partial charge in [-0.25, -0.2) is 15.0 Å². The third-order valence-corrected chi connectivity index (χ3v) is 4.52. The van der Waals surface area contributed by atoms with Crippen molar-refractivity contribution < 1.29 is 0 Å². The van der Waals surface area contributed by atoms with Gasteiger partial charge in [0.2, 0.25) is 0 Å². The van der Waals surface area contributed by atoms with Crippen molar-refractivity contribution in [3.8, 4) is 0 Å². The lowest BCUT2D eigenvalue weighted by Crippen LogP contribution is -2.15. The van der Waals surface area contributed by atoms with Gasteiger partial charge < -0.3 is 15.2 Å². The molecule has 0 spiro atoms. The number of aromatic nitrogens is 4. The molecular formula is C20H32N6S. The van der Waals surface area contributed by atoms with Crippen LogP contribution in [0.15, 0.2) is 47.9 Å². The van der Waals surface area contributed by atoms with Crippen LogP contribution in [-0.2, 0) is 6.54 Å². The first-order valence-corrected chi connectivity index (χ1v) is 10.1. The Labute approximate surface area is 167 Å². The van der Waals surface area contributed by atoms with Gasteiger partial charge in [0.15, 0.2) is 16.6 Å². The maximum atomic E-state index is 6.01. The summed E-state index contributed by atoms with van der Waals surface area (Å²) in [5.74, 6) is 1.34. The summed E-state index contributed by atoms with van der Waals surface area (Å²) < 4.78 is 1.97. The van der Waals surface area contributed by atoms with Crippen molar-refractivity contribution >= 4 is 28.7 Å². The van der Waals surface area contributed by atoms with Gasteiger partial charge in [-0.2, -0.15) is 0 Å². The van der Waals surface area contributed by atoms with Gasteiger partial charge in [0.25, 0.3) is 0 Å². The molecule has 0 atom stereocenters. The molecule has 0 saturated heterocycles. The average Bonchev–Trinajstić information content (AvgIpc) is 3.04. The molecular weight excluding hydrogens is 356 g/mol. The van der Waals surface area contributed by atoms with E-state index in [-0.39, 0.29) is 0 Å². The summed E-state index contributed by atoms with van der Waals surface area (Å²) in [5, 5.41) is 0.689. The molecule has 2 aromatic rings. The minimum absolute atomic E-state index is 0.428. The molecule has 0 aliphatic rings. The van der Waals surface area contributed by atoms with E-state index in [2.05, 4.69) is 45.5 Å². The lowest BCUT2D eigenvalue weighted by Gasteiger charge is -2.09. The van der Waals surface area contributed by atoms with Crippen molar-refractivity contribution in [3.05, 3.63) is 42.8 Å². The van der Waals surface area contributed by atoms with Crippen molar-refractivity contribution in [1.29, 1.82) is 0 Å². The fraction of sp³-hybridized carbons (Fsp3) is 0.450. The first-order valence-electron chi connectivity index (χ1n) is 9.11. The SMILES string of the molecule is C/C=C\CC.C=C/C(=C\C)Cn1cnc2c(N)nc(SCCN(C)C)nc21. The number of nitrogens with zero attached hydrogens (tertiary/aromatic N) is 5. The quantitative estimate of drug-likeness (QED) is 0.317. The van der Waals surface area contributed by atoms with Crippen LogP contribution in [0, 0.1) is 0 Å². The van der Waals surface area contributed by atoms with Crippen molar-refractivity contribution in [2.45, 2.75) is 38.9 Å². The number of nitrogen functional groups attached to an aromatic ring is 1. The highest BCUT2D eigenvalue weighted by atomic mass is 32.2. The number of hydrogen-bond donors (Lipinski definition) is 1. The summed E-state index contributed by atoms with van der Waals surface area (Å²) in [4.78, 5) is 15.4. The summed E-state index contributed by atoms with van der Waals surface area (Å²) in [5.41, 5.74) is 8.54. The van der Waals surface area contributed by atoms with Crippen molar-refractivity contribution in [1.82, 2.24) is 24.4 Å². The predicted octanol–water partition coefficient (Wildman–Crippen LogP) is 4.17. The Hall–Kier alpha value is -2.12. The van der Waals surface area contributed by atoms with Crippen molar-refractivity contribution in [2.24, 2.45) is 0 Å². The molecule has 0 saturated carbocycles. The number of anilines is 1. The van der Waals surface area contributed by atoms with Gasteiger partial charge >= 0.3 is 0 Å². The number of imidazole rings is 1. The second kappa shape index (κ2) is 12.3. The Morgan fingerprint density at radius 2 is 2.07 bits per heavy atom. The molecule has 0 aliphatic heterocycles. The number of fused-ring (bicyclic) bond motifs is 1. The molecule has 2 rings (SSSR count). The number of thioether (sulfide) groups is 1. The summed E-state index contributed by atoms with van der Waals surface area (Å²) in [6.07, 6.45) is 11.0. The van der Waals surface area contributed by atoms with Crippen LogP contribution in [-0.4, -0.2) is 50.8 Å². The molecule has 0 aromatic carbocycles. The second-order valence-electron chi connectivity index (χ2n) is 6.13. The van der Waals surface area contributed by atoms with E-state index in [9.17, 15) is 0 Å². The molecule has 0 aliphatic carbocycles. The third-order valence-electron chi connectivity index (χ3n) is 3.70. The van der Waals surface area contributed by atoms with Crippen LogP contribution in [0.2, 0.25) is 0 Å². The van der Waals surface area contributed by atoms with Crippen LogP contribution >= 0.6 is 11.8 Å². The van der Waals surface area contributed by atoms with Crippen LogP contribution in [0.5, 0.6) is 0 Å². The molecule has 2 N–H and O–H groups in total. The zero-order valence-corrected chi connectivity index (χ0v) is 18.0. The second-order valence-corrected chi connectivity index (χ2v) is 7.19. The zero-order chi connectivity index (χ0) is 20.2. The Kier molecular flexibility index (Phi) is 10.4. The Bertz CT molecular complexity index is 776. The molecule has 2 heterocycles. The first-order chi connectivity index (χ1) is 13.0. The van der Waals surface area contributed by atoms with E-state index in [4.69, 9.17) is 5.73 Å². The number of rotatable bonds is 8. The molecule has 27 heavy (non-hydrogen) atoms. The summed E-state index contributed by atoms with van der Waals surface area (Å²) in [6.45, 7) is 11.6. The molecule has 0 amide bonds. The van der Waals surface area contributed by atoms with Gasteiger partial charge in [-0.3, -0.25) is 0 Å². The van der Waals surface area contributed by atoms with Crippen LogP contribution in [0.25, 0.3) is 11.2 Å². The van der Waals surface area contributed by atoms with Crippen molar-refractivity contribution in [3.63, 3.8) is 0 Å². The fourth-order valence-electron chi connectivity index (χ4n) is 2.15. The van der Waals surface area contributed by atoms with E-state index in [1.165, 1.54) is 0 Å². The molecule has 7 heteroatoms. The number of nitrogens with two attached hydrogens (primary N) is 1. The molecule has 0 fully saturated rings. The van der Waals surface area contributed by atoms with Crippen LogP contribution < -0.4 is 5.73 Å². The zero-order valence-electron chi connectivity index (χ0n) is 17.1. The summed E-state index contributed by atoms with van der Waals surface area (Å²) in [6, 6.07) is 0. The average molecular weight is 389 g/mol. The normalized spacial score (nSPS) is 11.9. The summed E-state index contributed by atoms with van der Waals surface area (Å²) in [7, 11) is 4.09. The van der Waals surface area contributed by atoms with E-state index in [0.29, 0.717) is 23.0 Å². The van der Waals surface area contributed by atoms with Crippen LogP contribution in [0.3, 0.4) is 0 Å². The number of allylic oxidation sites excluding steroid dienone is 5. The lowest BCUT2D eigenvalue weighted by molar-refractivity contribution is 0.437. The van der Waals surface area contributed by atoms with Crippen LogP contribution in [0.1, 0.15) is 27.2 Å². The van der Waals surface area contributed by atoms with E-state index >= 15 is 0 Å². The van der Waals surface area contributed by atoms with Gasteiger partial charge in [0, 0.05) is 12.3 Å². The minimum Gasteiger partial charge on any atom is -0.382 e. The molecule has 2 aromatic heterocycles. The third kappa shape index (κ3) is 7.56.